The van der Waals surface area contributed by atoms with Gasteiger partial charge in [0.2, 0.25) is 11.8 Å². The van der Waals surface area contributed by atoms with Crippen LogP contribution in [0.1, 0.15) is 37.8 Å². The van der Waals surface area contributed by atoms with Crippen molar-refractivity contribution in [2.24, 2.45) is 5.92 Å². The molecule has 4 rings (SSSR count). The van der Waals surface area contributed by atoms with Crippen LogP contribution in [-0.2, 0) is 20.9 Å². The molecule has 2 amide bonds. The molecule has 1 unspecified atom stereocenters. The molecule has 1 spiro atoms. The number of hydrogen-bond donors (Lipinski definition) is 0. The zero-order valence-electron chi connectivity index (χ0n) is 14.5. The Morgan fingerprint density at radius 1 is 1.28 bits per heavy atom. The Hall–Kier alpha value is -1.95. The number of likely N-dealkylation sites (tertiary alicyclic amines) is 2. The second-order valence-electron chi connectivity index (χ2n) is 7.46. The second-order valence-corrected chi connectivity index (χ2v) is 7.46. The Bertz CT molecular complexity index is 633. The Morgan fingerprint density at radius 2 is 2.12 bits per heavy atom. The summed E-state index contributed by atoms with van der Waals surface area (Å²) in [5, 5.41) is 0. The number of nitrogens with zero attached hydrogens (tertiary/aromatic N) is 3. The summed E-state index contributed by atoms with van der Waals surface area (Å²) in [5.41, 5.74) is 0.884. The van der Waals surface area contributed by atoms with Gasteiger partial charge in [-0.05, 0) is 37.8 Å². The molecular weight excluding hydrogens is 318 g/mol. The van der Waals surface area contributed by atoms with Gasteiger partial charge in [0, 0.05) is 38.9 Å². The molecule has 134 valence electrons. The smallest absolute Gasteiger partial charge is 0.227 e. The van der Waals surface area contributed by atoms with Gasteiger partial charge in [-0.15, -0.1) is 0 Å². The normalized spacial score (nSPS) is 25.8. The molecule has 0 radical (unpaired) electrons. The van der Waals surface area contributed by atoms with Gasteiger partial charge in [0.15, 0.2) is 0 Å². The summed E-state index contributed by atoms with van der Waals surface area (Å²) in [4.78, 5) is 33.1. The second kappa shape index (κ2) is 6.75. The van der Waals surface area contributed by atoms with Gasteiger partial charge < -0.3 is 14.5 Å². The van der Waals surface area contributed by atoms with Gasteiger partial charge >= 0.3 is 0 Å². The predicted molar refractivity (Wildman–Crippen MR) is 91.5 cm³/mol. The summed E-state index contributed by atoms with van der Waals surface area (Å²) in [7, 11) is 0. The molecule has 3 fully saturated rings. The summed E-state index contributed by atoms with van der Waals surface area (Å²) in [6, 6.07) is 5.69. The first kappa shape index (κ1) is 16.5. The molecular formula is C19H25N3O3. The molecule has 0 aromatic carbocycles. The van der Waals surface area contributed by atoms with Gasteiger partial charge in [-0.1, -0.05) is 6.07 Å². The summed E-state index contributed by atoms with van der Waals surface area (Å²) in [6.07, 6.45) is 6.16. The largest absolute Gasteiger partial charge is 0.375 e. The highest BCUT2D eigenvalue weighted by atomic mass is 16.5. The molecule has 1 atom stereocenters. The Kier molecular flexibility index (Phi) is 4.46. The quantitative estimate of drug-likeness (QED) is 0.836. The lowest BCUT2D eigenvalue weighted by molar-refractivity contribution is -0.140. The molecule has 3 saturated heterocycles. The predicted octanol–water partition coefficient (Wildman–Crippen LogP) is 1.60. The lowest BCUT2D eigenvalue weighted by Crippen LogP contribution is -2.48. The molecule has 3 aliphatic heterocycles. The maximum Gasteiger partial charge on any atom is 0.227 e. The highest BCUT2D eigenvalue weighted by molar-refractivity contribution is 5.89. The van der Waals surface area contributed by atoms with Crippen molar-refractivity contribution in [1.82, 2.24) is 14.8 Å². The van der Waals surface area contributed by atoms with Crippen LogP contribution in [0.25, 0.3) is 0 Å². The van der Waals surface area contributed by atoms with Gasteiger partial charge in [-0.25, -0.2) is 0 Å². The lowest BCUT2D eigenvalue weighted by Gasteiger charge is -2.39. The van der Waals surface area contributed by atoms with Crippen molar-refractivity contribution < 1.29 is 14.3 Å². The lowest BCUT2D eigenvalue weighted by atomic mass is 9.88. The standard InChI is InChI=1S/C19H25N3O3/c23-17-12-15(13-22(17)14-16-4-1-2-8-20-16)18(24)21-9-6-19(7-10-21)5-3-11-25-19/h1-2,4,8,15H,3,5-7,9-14H2. The van der Waals surface area contributed by atoms with Crippen molar-refractivity contribution >= 4 is 11.8 Å². The first-order chi connectivity index (χ1) is 12.2. The van der Waals surface area contributed by atoms with E-state index in [1.807, 2.05) is 23.1 Å². The van der Waals surface area contributed by atoms with Crippen LogP contribution in [0, 0.1) is 5.92 Å². The van der Waals surface area contributed by atoms with Gasteiger partial charge in [0.1, 0.15) is 0 Å². The van der Waals surface area contributed by atoms with E-state index in [9.17, 15) is 9.59 Å². The number of ether oxygens (including phenoxy) is 1. The minimum absolute atomic E-state index is 0.0211. The highest BCUT2D eigenvalue weighted by Crippen LogP contribution is 2.36. The highest BCUT2D eigenvalue weighted by Gasteiger charge is 2.42. The van der Waals surface area contributed by atoms with Gasteiger partial charge in [0.05, 0.1) is 23.8 Å². The molecule has 25 heavy (non-hydrogen) atoms. The average molecular weight is 343 g/mol. The first-order valence-electron chi connectivity index (χ1n) is 9.26. The molecule has 3 aliphatic rings. The van der Waals surface area contributed by atoms with E-state index in [2.05, 4.69) is 4.98 Å². The first-order valence-corrected chi connectivity index (χ1v) is 9.26. The SMILES string of the molecule is O=C1CC(C(=O)N2CCC3(CCCO3)CC2)CN1Cc1ccccn1. The number of piperidine rings is 1. The number of carbonyl (C=O) groups excluding carboxylic acids is 2. The van der Waals surface area contributed by atoms with Crippen LogP contribution in [-0.4, -0.2) is 58.4 Å². The van der Waals surface area contributed by atoms with Crippen molar-refractivity contribution in [3.63, 3.8) is 0 Å². The molecule has 0 saturated carbocycles. The third kappa shape index (κ3) is 3.40. The van der Waals surface area contributed by atoms with Crippen molar-refractivity contribution in [3.8, 4) is 0 Å². The van der Waals surface area contributed by atoms with E-state index in [-0.39, 0.29) is 23.3 Å². The van der Waals surface area contributed by atoms with Gasteiger partial charge in [-0.3, -0.25) is 14.6 Å². The fourth-order valence-electron chi connectivity index (χ4n) is 4.32. The molecule has 1 aromatic heterocycles. The topological polar surface area (TPSA) is 62.7 Å². The summed E-state index contributed by atoms with van der Waals surface area (Å²) in [6.45, 7) is 3.36. The maximum atomic E-state index is 12.8. The molecule has 1 aromatic rings. The van der Waals surface area contributed by atoms with E-state index in [1.165, 1.54) is 0 Å². The minimum Gasteiger partial charge on any atom is -0.375 e. The summed E-state index contributed by atoms with van der Waals surface area (Å²) in [5.74, 6) is -0.0314. The van der Waals surface area contributed by atoms with E-state index >= 15 is 0 Å². The maximum absolute atomic E-state index is 12.8. The zero-order valence-corrected chi connectivity index (χ0v) is 14.5. The minimum atomic E-state index is -0.213. The van der Waals surface area contributed by atoms with Crippen LogP contribution in [0.3, 0.4) is 0 Å². The number of aromatic nitrogens is 1. The van der Waals surface area contributed by atoms with E-state index in [0.29, 0.717) is 19.5 Å². The zero-order chi connectivity index (χ0) is 17.3. The third-order valence-electron chi connectivity index (χ3n) is 5.81. The van der Waals surface area contributed by atoms with Crippen molar-refractivity contribution in [1.29, 1.82) is 0 Å². The molecule has 0 aliphatic carbocycles. The number of pyridine rings is 1. The monoisotopic (exact) mass is 343 g/mol. The molecule has 4 heterocycles. The molecule has 6 heteroatoms. The van der Waals surface area contributed by atoms with Crippen molar-refractivity contribution in [2.45, 2.75) is 44.2 Å². The van der Waals surface area contributed by atoms with Crippen molar-refractivity contribution in [3.05, 3.63) is 30.1 Å². The Balaban J connectivity index is 1.33. The van der Waals surface area contributed by atoms with Crippen molar-refractivity contribution in [2.75, 3.05) is 26.2 Å². The van der Waals surface area contributed by atoms with Crippen LogP contribution < -0.4 is 0 Å². The fraction of sp³-hybridized carbons (Fsp3) is 0.632. The molecule has 0 bridgehead atoms. The third-order valence-corrected chi connectivity index (χ3v) is 5.81. The van der Waals surface area contributed by atoms with E-state index in [1.54, 1.807) is 11.1 Å². The van der Waals surface area contributed by atoms with Gasteiger partial charge in [-0.2, -0.15) is 0 Å². The van der Waals surface area contributed by atoms with E-state index in [0.717, 1.165) is 51.1 Å². The number of amides is 2. The van der Waals surface area contributed by atoms with Crippen LogP contribution in [0.4, 0.5) is 0 Å². The summed E-state index contributed by atoms with van der Waals surface area (Å²) < 4.78 is 5.93. The fourth-order valence-corrected chi connectivity index (χ4v) is 4.32. The van der Waals surface area contributed by atoms with E-state index < -0.39 is 0 Å². The number of hydrogen-bond acceptors (Lipinski definition) is 4. The van der Waals surface area contributed by atoms with Crippen LogP contribution in [0.5, 0.6) is 0 Å². The van der Waals surface area contributed by atoms with E-state index in [4.69, 9.17) is 4.74 Å². The van der Waals surface area contributed by atoms with Crippen LogP contribution in [0.2, 0.25) is 0 Å². The Morgan fingerprint density at radius 3 is 2.80 bits per heavy atom. The average Bonchev–Trinajstić information content (AvgIpc) is 3.23. The number of rotatable bonds is 3. The van der Waals surface area contributed by atoms with Crippen LogP contribution >= 0.6 is 0 Å². The summed E-state index contributed by atoms with van der Waals surface area (Å²) >= 11 is 0. The van der Waals surface area contributed by atoms with Gasteiger partial charge in [0.25, 0.3) is 0 Å². The number of carbonyl (C=O) groups is 2. The molecule has 6 nitrogen and oxygen atoms in total. The molecule has 0 N–H and O–H groups in total. The van der Waals surface area contributed by atoms with Crippen LogP contribution in [0.15, 0.2) is 24.4 Å². The Labute approximate surface area is 148 Å².